The Balaban J connectivity index is 1.71. The van der Waals surface area contributed by atoms with Crippen molar-refractivity contribution < 1.29 is 9.59 Å². The van der Waals surface area contributed by atoms with E-state index in [1.807, 2.05) is 26.0 Å². The Hall–Kier alpha value is -2.62. The van der Waals surface area contributed by atoms with Gasteiger partial charge in [0.1, 0.15) is 0 Å². The van der Waals surface area contributed by atoms with Crippen molar-refractivity contribution in [3.8, 4) is 0 Å². The van der Waals surface area contributed by atoms with Gasteiger partial charge in [0.2, 0.25) is 0 Å². The highest BCUT2D eigenvalue weighted by atomic mass is 16.2. The molecule has 4 heteroatoms. The van der Waals surface area contributed by atoms with Crippen LogP contribution < -0.4 is 10.6 Å². The van der Waals surface area contributed by atoms with Gasteiger partial charge in [-0.3, -0.25) is 9.59 Å². The monoisotopic (exact) mass is 336 g/mol. The third-order valence-corrected chi connectivity index (χ3v) is 4.56. The second-order valence-corrected chi connectivity index (χ2v) is 6.87. The van der Waals surface area contributed by atoms with E-state index in [1.165, 1.54) is 12.8 Å². The van der Waals surface area contributed by atoms with Gasteiger partial charge in [0, 0.05) is 22.9 Å². The third kappa shape index (κ3) is 4.47. The Kier molecular flexibility index (Phi) is 5.17. The van der Waals surface area contributed by atoms with Crippen LogP contribution in [0.2, 0.25) is 0 Å². The third-order valence-electron chi connectivity index (χ3n) is 4.56. The van der Waals surface area contributed by atoms with E-state index in [0.29, 0.717) is 11.1 Å². The molecular formula is C21H24N2O2. The zero-order chi connectivity index (χ0) is 17.8. The quantitative estimate of drug-likeness (QED) is 0.878. The first-order valence-electron chi connectivity index (χ1n) is 8.82. The number of rotatable bonds is 4. The maximum Gasteiger partial charge on any atom is 0.255 e. The van der Waals surface area contributed by atoms with E-state index < -0.39 is 0 Å². The van der Waals surface area contributed by atoms with E-state index in [2.05, 4.69) is 16.7 Å². The molecule has 2 aromatic carbocycles. The molecule has 1 fully saturated rings. The van der Waals surface area contributed by atoms with Crippen LogP contribution in [0.4, 0.5) is 5.69 Å². The Bertz CT molecular complexity index is 772. The SMILES string of the molecule is Cc1cc(C)cc(NC(=O)c2cccc(C(=O)NC3CCCC3)c2)c1. The standard InChI is InChI=1S/C21H24N2O2/c1-14-10-15(2)12-19(11-14)23-21(25)17-7-5-6-16(13-17)20(24)22-18-8-3-4-9-18/h5-7,10-13,18H,3-4,8-9H2,1-2H3,(H,22,24)(H,23,25). The largest absolute Gasteiger partial charge is 0.349 e. The zero-order valence-corrected chi connectivity index (χ0v) is 14.8. The van der Waals surface area contributed by atoms with Gasteiger partial charge < -0.3 is 10.6 Å². The van der Waals surface area contributed by atoms with Crippen molar-refractivity contribution in [3.05, 3.63) is 64.7 Å². The molecule has 4 nitrogen and oxygen atoms in total. The molecule has 0 aliphatic heterocycles. The Morgan fingerprint density at radius 2 is 1.48 bits per heavy atom. The van der Waals surface area contributed by atoms with E-state index in [1.54, 1.807) is 24.3 Å². The summed E-state index contributed by atoms with van der Waals surface area (Å²) in [6.45, 7) is 3.99. The van der Waals surface area contributed by atoms with Crippen LogP contribution in [0.3, 0.4) is 0 Å². The molecule has 0 atom stereocenters. The van der Waals surface area contributed by atoms with Crippen LogP contribution >= 0.6 is 0 Å². The van der Waals surface area contributed by atoms with Crippen LogP contribution in [0.25, 0.3) is 0 Å². The van der Waals surface area contributed by atoms with Crippen molar-refractivity contribution in [1.82, 2.24) is 5.32 Å². The second kappa shape index (κ2) is 7.51. The lowest BCUT2D eigenvalue weighted by Crippen LogP contribution is -2.32. The number of hydrogen-bond donors (Lipinski definition) is 2. The first kappa shape index (κ1) is 17.2. The van der Waals surface area contributed by atoms with Gasteiger partial charge in [-0.1, -0.05) is 25.0 Å². The van der Waals surface area contributed by atoms with Crippen LogP contribution in [0.15, 0.2) is 42.5 Å². The van der Waals surface area contributed by atoms with Gasteiger partial charge >= 0.3 is 0 Å². The summed E-state index contributed by atoms with van der Waals surface area (Å²) >= 11 is 0. The first-order chi connectivity index (χ1) is 12.0. The van der Waals surface area contributed by atoms with E-state index in [4.69, 9.17) is 0 Å². The van der Waals surface area contributed by atoms with Crippen molar-refractivity contribution in [2.75, 3.05) is 5.32 Å². The van der Waals surface area contributed by atoms with E-state index in [0.717, 1.165) is 29.7 Å². The molecule has 0 spiro atoms. The van der Waals surface area contributed by atoms with Gasteiger partial charge in [0.05, 0.1) is 0 Å². The molecule has 25 heavy (non-hydrogen) atoms. The first-order valence-corrected chi connectivity index (χ1v) is 8.82. The molecule has 0 unspecified atom stereocenters. The Morgan fingerprint density at radius 3 is 2.12 bits per heavy atom. The number of amides is 2. The highest BCUT2D eigenvalue weighted by Crippen LogP contribution is 2.19. The highest BCUT2D eigenvalue weighted by Gasteiger charge is 2.18. The van der Waals surface area contributed by atoms with Crippen molar-refractivity contribution >= 4 is 17.5 Å². The topological polar surface area (TPSA) is 58.2 Å². The van der Waals surface area contributed by atoms with Crippen molar-refractivity contribution in [3.63, 3.8) is 0 Å². The summed E-state index contributed by atoms with van der Waals surface area (Å²) in [5, 5.41) is 5.96. The maximum atomic E-state index is 12.5. The molecule has 0 saturated heterocycles. The average Bonchev–Trinajstić information content (AvgIpc) is 3.07. The van der Waals surface area contributed by atoms with E-state index in [9.17, 15) is 9.59 Å². The normalized spacial score (nSPS) is 14.3. The smallest absolute Gasteiger partial charge is 0.255 e. The minimum Gasteiger partial charge on any atom is -0.349 e. The van der Waals surface area contributed by atoms with E-state index >= 15 is 0 Å². The Labute approximate surface area is 148 Å². The molecule has 1 aliphatic rings. The van der Waals surface area contributed by atoms with Crippen LogP contribution in [0.5, 0.6) is 0 Å². The predicted octanol–water partition coefficient (Wildman–Crippen LogP) is 4.23. The molecule has 2 aromatic rings. The average molecular weight is 336 g/mol. The van der Waals surface area contributed by atoms with Crippen LogP contribution in [-0.4, -0.2) is 17.9 Å². The van der Waals surface area contributed by atoms with E-state index in [-0.39, 0.29) is 17.9 Å². The fourth-order valence-electron chi connectivity index (χ4n) is 3.39. The zero-order valence-electron chi connectivity index (χ0n) is 14.8. The van der Waals surface area contributed by atoms with Gasteiger partial charge in [0.25, 0.3) is 11.8 Å². The minimum absolute atomic E-state index is 0.104. The highest BCUT2D eigenvalue weighted by molar-refractivity contribution is 6.06. The summed E-state index contributed by atoms with van der Waals surface area (Å²) < 4.78 is 0. The second-order valence-electron chi connectivity index (χ2n) is 6.87. The summed E-state index contributed by atoms with van der Waals surface area (Å²) in [6.07, 6.45) is 4.42. The summed E-state index contributed by atoms with van der Waals surface area (Å²) in [7, 11) is 0. The lowest BCUT2D eigenvalue weighted by Gasteiger charge is -2.12. The van der Waals surface area contributed by atoms with Gasteiger partial charge in [-0.25, -0.2) is 0 Å². The van der Waals surface area contributed by atoms with Crippen molar-refractivity contribution in [2.24, 2.45) is 0 Å². The molecular weight excluding hydrogens is 312 g/mol. The fraction of sp³-hybridized carbons (Fsp3) is 0.333. The number of anilines is 1. The summed E-state index contributed by atoms with van der Waals surface area (Å²) in [5.74, 6) is -0.312. The molecule has 130 valence electrons. The predicted molar refractivity (Wildman–Crippen MR) is 100 cm³/mol. The lowest BCUT2D eigenvalue weighted by atomic mass is 10.1. The molecule has 2 N–H and O–H groups in total. The molecule has 2 amide bonds. The van der Waals surface area contributed by atoms with Gasteiger partial charge in [-0.15, -0.1) is 0 Å². The summed E-state index contributed by atoms with van der Waals surface area (Å²) in [4.78, 5) is 24.9. The molecule has 1 aliphatic carbocycles. The van der Waals surface area contributed by atoms with Crippen molar-refractivity contribution in [2.45, 2.75) is 45.6 Å². The van der Waals surface area contributed by atoms with Crippen LogP contribution in [0.1, 0.15) is 57.5 Å². The maximum absolute atomic E-state index is 12.5. The minimum atomic E-state index is -0.208. The molecule has 0 aromatic heterocycles. The number of carbonyl (C=O) groups excluding carboxylic acids is 2. The van der Waals surface area contributed by atoms with Gasteiger partial charge in [0.15, 0.2) is 0 Å². The number of carbonyl (C=O) groups is 2. The Morgan fingerprint density at radius 1 is 0.880 bits per heavy atom. The molecule has 0 heterocycles. The molecule has 0 radical (unpaired) electrons. The number of benzene rings is 2. The molecule has 3 rings (SSSR count). The molecule has 0 bridgehead atoms. The number of aryl methyl sites for hydroxylation is 2. The van der Waals surface area contributed by atoms with Gasteiger partial charge in [-0.2, -0.15) is 0 Å². The number of hydrogen-bond acceptors (Lipinski definition) is 2. The fourth-order valence-corrected chi connectivity index (χ4v) is 3.39. The van der Waals surface area contributed by atoms with Crippen molar-refractivity contribution in [1.29, 1.82) is 0 Å². The summed E-state index contributed by atoms with van der Waals surface area (Å²) in [6, 6.07) is 13.1. The van der Waals surface area contributed by atoms with Crippen LogP contribution in [0, 0.1) is 13.8 Å². The van der Waals surface area contributed by atoms with Crippen LogP contribution in [-0.2, 0) is 0 Å². The number of nitrogens with one attached hydrogen (secondary N) is 2. The molecule has 1 saturated carbocycles. The van der Waals surface area contributed by atoms with Gasteiger partial charge in [-0.05, 0) is 68.1 Å². The summed E-state index contributed by atoms with van der Waals surface area (Å²) in [5.41, 5.74) is 3.97. The lowest BCUT2D eigenvalue weighted by molar-refractivity contribution is 0.0938.